The minimum Gasteiger partial charge on any atom is -0.414 e. The third-order valence-corrected chi connectivity index (χ3v) is 8.45. The van der Waals surface area contributed by atoms with Crippen LogP contribution in [0.15, 0.2) is 0 Å². The fourth-order valence-corrected chi connectivity index (χ4v) is 3.18. The first-order valence-corrected chi connectivity index (χ1v) is 8.99. The van der Waals surface area contributed by atoms with Gasteiger partial charge in [0.25, 0.3) is 0 Å². The third-order valence-electron chi connectivity index (χ3n) is 3.91. The van der Waals surface area contributed by atoms with Crippen molar-refractivity contribution in [3.05, 3.63) is 0 Å². The Morgan fingerprint density at radius 3 is 1.93 bits per heavy atom. The van der Waals surface area contributed by atoms with Crippen molar-refractivity contribution in [2.24, 2.45) is 0 Å². The molecular formula is C12H26O2Si. The third kappa shape index (κ3) is 3.57. The Kier molecular flexibility index (Phi) is 4.01. The molecule has 0 aromatic carbocycles. The zero-order valence-corrected chi connectivity index (χ0v) is 11.8. The molecule has 1 rings (SSSR count). The second kappa shape index (κ2) is 4.56. The van der Waals surface area contributed by atoms with Crippen molar-refractivity contribution in [3.63, 3.8) is 0 Å². The van der Waals surface area contributed by atoms with E-state index in [1.807, 2.05) is 0 Å². The van der Waals surface area contributed by atoms with Gasteiger partial charge in [0, 0.05) is 6.10 Å². The molecule has 1 N–H and O–H groups in total. The highest BCUT2D eigenvalue weighted by atomic mass is 28.4. The molecule has 0 aliphatic heterocycles. The molecule has 1 aliphatic rings. The van der Waals surface area contributed by atoms with Crippen LogP contribution in [0.25, 0.3) is 0 Å². The van der Waals surface area contributed by atoms with E-state index in [9.17, 15) is 5.11 Å². The summed E-state index contributed by atoms with van der Waals surface area (Å²) >= 11 is 0. The lowest BCUT2D eigenvalue weighted by Gasteiger charge is -2.40. The van der Waals surface area contributed by atoms with E-state index in [0.29, 0.717) is 11.1 Å². The molecule has 0 saturated heterocycles. The van der Waals surface area contributed by atoms with Gasteiger partial charge in [-0.2, -0.15) is 0 Å². The largest absolute Gasteiger partial charge is 0.414 e. The van der Waals surface area contributed by atoms with Crippen LogP contribution >= 0.6 is 0 Å². The summed E-state index contributed by atoms with van der Waals surface area (Å²) in [6.07, 6.45) is 4.22. The Hall–Kier alpha value is 0.137. The molecule has 0 spiro atoms. The summed E-state index contributed by atoms with van der Waals surface area (Å²) in [4.78, 5) is 0. The molecule has 0 bridgehead atoms. The lowest BCUT2D eigenvalue weighted by molar-refractivity contribution is 0.0596. The zero-order valence-electron chi connectivity index (χ0n) is 10.8. The minimum atomic E-state index is -1.60. The SMILES string of the molecule is CC(C)(C)[Si](C)(C)O[C@H]1CC[C@H](O)CC1. The van der Waals surface area contributed by atoms with Crippen LogP contribution in [0.1, 0.15) is 46.5 Å². The van der Waals surface area contributed by atoms with Crippen LogP contribution in [-0.4, -0.2) is 25.6 Å². The van der Waals surface area contributed by atoms with Gasteiger partial charge in [-0.15, -0.1) is 0 Å². The molecule has 2 nitrogen and oxygen atoms in total. The van der Waals surface area contributed by atoms with Crippen molar-refractivity contribution in [2.75, 3.05) is 0 Å². The predicted octanol–water partition coefficient (Wildman–Crippen LogP) is 3.31. The molecule has 0 heterocycles. The predicted molar refractivity (Wildman–Crippen MR) is 66.5 cm³/mol. The molecule has 0 atom stereocenters. The fourth-order valence-electron chi connectivity index (χ4n) is 1.76. The van der Waals surface area contributed by atoms with Crippen molar-refractivity contribution in [1.29, 1.82) is 0 Å². The summed E-state index contributed by atoms with van der Waals surface area (Å²) in [5.41, 5.74) is 0. The van der Waals surface area contributed by atoms with Gasteiger partial charge < -0.3 is 9.53 Å². The van der Waals surface area contributed by atoms with Crippen LogP contribution < -0.4 is 0 Å². The number of hydrogen-bond acceptors (Lipinski definition) is 2. The maximum Gasteiger partial charge on any atom is 0.192 e. The number of hydrogen-bond donors (Lipinski definition) is 1. The zero-order chi connectivity index (χ0) is 11.7. The van der Waals surface area contributed by atoms with Crippen LogP contribution in [-0.2, 0) is 4.43 Å². The molecule has 1 fully saturated rings. The number of rotatable bonds is 2. The van der Waals surface area contributed by atoms with Gasteiger partial charge in [-0.25, -0.2) is 0 Å². The molecule has 1 aliphatic carbocycles. The van der Waals surface area contributed by atoms with Gasteiger partial charge in [0.15, 0.2) is 8.32 Å². The smallest absolute Gasteiger partial charge is 0.192 e. The highest BCUT2D eigenvalue weighted by Crippen LogP contribution is 2.39. The quantitative estimate of drug-likeness (QED) is 0.738. The van der Waals surface area contributed by atoms with Crippen molar-refractivity contribution >= 4 is 8.32 Å². The van der Waals surface area contributed by atoms with E-state index in [1.54, 1.807) is 0 Å². The summed E-state index contributed by atoms with van der Waals surface area (Å²) < 4.78 is 6.32. The van der Waals surface area contributed by atoms with E-state index in [0.717, 1.165) is 25.7 Å². The second-order valence-electron chi connectivity index (χ2n) is 6.31. The molecule has 3 heteroatoms. The number of aliphatic hydroxyl groups excluding tert-OH is 1. The molecular weight excluding hydrogens is 204 g/mol. The first-order chi connectivity index (χ1) is 6.72. The van der Waals surface area contributed by atoms with Gasteiger partial charge in [-0.3, -0.25) is 0 Å². The second-order valence-corrected chi connectivity index (χ2v) is 11.1. The van der Waals surface area contributed by atoms with Crippen molar-refractivity contribution < 1.29 is 9.53 Å². The van der Waals surface area contributed by atoms with Gasteiger partial charge in [0.05, 0.1) is 6.10 Å². The summed E-state index contributed by atoms with van der Waals surface area (Å²) in [6, 6.07) is 0. The van der Waals surface area contributed by atoms with Gasteiger partial charge in [0.1, 0.15) is 0 Å². The molecule has 0 aromatic rings. The van der Waals surface area contributed by atoms with E-state index in [-0.39, 0.29) is 6.10 Å². The average molecular weight is 230 g/mol. The fraction of sp³-hybridized carbons (Fsp3) is 1.00. The maximum atomic E-state index is 9.44. The van der Waals surface area contributed by atoms with E-state index in [1.165, 1.54) is 0 Å². The van der Waals surface area contributed by atoms with Gasteiger partial charge >= 0.3 is 0 Å². The molecule has 0 unspecified atom stereocenters. The minimum absolute atomic E-state index is 0.0794. The lowest BCUT2D eigenvalue weighted by Crippen LogP contribution is -2.45. The Balaban J connectivity index is 2.48. The molecule has 1 saturated carbocycles. The van der Waals surface area contributed by atoms with Crippen LogP contribution in [0.3, 0.4) is 0 Å². The van der Waals surface area contributed by atoms with E-state index < -0.39 is 8.32 Å². The first-order valence-electron chi connectivity index (χ1n) is 6.08. The van der Waals surface area contributed by atoms with Gasteiger partial charge in [-0.1, -0.05) is 20.8 Å². The van der Waals surface area contributed by atoms with E-state index >= 15 is 0 Å². The van der Waals surface area contributed by atoms with Crippen LogP contribution in [0.5, 0.6) is 0 Å². The Labute approximate surface area is 95.2 Å². The van der Waals surface area contributed by atoms with Crippen LogP contribution in [0.2, 0.25) is 18.1 Å². The van der Waals surface area contributed by atoms with E-state index in [2.05, 4.69) is 33.9 Å². The molecule has 0 radical (unpaired) electrons. The van der Waals surface area contributed by atoms with Crippen molar-refractivity contribution in [2.45, 2.75) is 76.8 Å². The van der Waals surface area contributed by atoms with Crippen molar-refractivity contribution in [1.82, 2.24) is 0 Å². The molecule has 0 amide bonds. The highest BCUT2D eigenvalue weighted by molar-refractivity contribution is 6.74. The monoisotopic (exact) mass is 230 g/mol. The summed E-state index contributed by atoms with van der Waals surface area (Å²) in [5.74, 6) is 0. The lowest BCUT2D eigenvalue weighted by atomic mass is 9.95. The Morgan fingerprint density at radius 2 is 1.53 bits per heavy atom. The molecule has 90 valence electrons. The maximum absolute atomic E-state index is 9.44. The molecule has 0 aromatic heterocycles. The normalized spacial score (nSPS) is 29.2. The Morgan fingerprint density at radius 1 is 1.07 bits per heavy atom. The standard InChI is InChI=1S/C12H26O2Si/c1-12(2,3)15(4,5)14-11-8-6-10(13)7-9-11/h10-11,13H,6-9H2,1-5H3/t10-,11-. The van der Waals surface area contributed by atoms with Crippen molar-refractivity contribution in [3.8, 4) is 0 Å². The van der Waals surface area contributed by atoms with E-state index in [4.69, 9.17) is 4.43 Å². The summed E-state index contributed by atoms with van der Waals surface area (Å²) in [6.45, 7) is 11.4. The highest BCUT2D eigenvalue weighted by Gasteiger charge is 2.39. The average Bonchev–Trinajstić information content (AvgIpc) is 2.06. The Bertz CT molecular complexity index is 200. The van der Waals surface area contributed by atoms with Gasteiger partial charge in [-0.05, 0) is 43.8 Å². The first kappa shape index (κ1) is 13.2. The topological polar surface area (TPSA) is 29.5 Å². The summed E-state index contributed by atoms with van der Waals surface area (Å²) in [5, 5.41) is 9.74. The van der Waals surface area contributed by atoms with Crippen LogP contribution in [0.4, 0.5) is 0 Å². The van der Waals surface area contributed by atoms with Gasteiger partial charge in [0.2, 0.25) is 0 Å². The number of aliphatic hydroxyl groups is 1. The summed E-state index contributed by atoms with van der Waals surface area (Å²) in [7, 11) is -1.60. The van der Waals surface area contributed by atoms with Crippen LogP contribution in [0, 0.1) is 0 Å². The molecule has 15 heavy (non-hydrogen) atoms.